The number of hydrogen-bond acceptors (Lipinski definition) is 2. The van der Waals surface area contributed by atoms with E-state index in [1.54, 1.807) is 4.90 Å². The molecule has 1 fully saturated rings. The molecule has 1 unspecified atom stereocenters. The topological polar surface area (TPSA) is 32.3 Å². The average molecular weight is 305 g/mol. The summed E-state index contributed by atoms with van der Waals surface area (Å²) in [6.45, 7) is 2.70. The SMILES string of the molecule is CNC1CCCN(C(=O)c2cc(C)c(F)cc2F)C1.Cl. The molecular weight excluding hydrogens is 286 g/mol. The van der Waals surface area contributed by atoms with Crippen molar-refractivity contribution in [3.05, 3.63) is 34.9 Å². The van der Waals surface area contributed by atoms with Crippen LogP contribution in [-0.2, 0) is 0 Å². The lowest BCUT2D eigenvalue weighted by atomic mass is 10.0. The van der Waals surface area contributed by atoms with Crippen LogP contribution in [0.1, 0.15) is 28.8 Å². The van der Waals surface area contributed by atoms with Gasteiger partial charge in [0.15, 0.2) is 0 Å². The largest absolute Gasteiger partial charge is 0.337 e. The van der Waals surface area contributed by atoms with Gasteiger partial charge < -0.3 is 10.2 Å². The lowest BCUT2D eigenvalue weighted by Gasteiger charge is -2.32. The zero-order valence-corrected chi connectivity index (χ0v) is 12.4. The fourth-order valence-electron chi connectivity index (χ4n) is 2.39. The molecule has 1 aliphatic rings. The highest BCUT2D eigenvalue weighted by atomic mass is 35.5. The number of halogens is 3. The first-order valence-corrected chi connectivity index (χ1v) is 6.45. The summed E-state index contributed by atoms with van der Waals surface area (Å²) < 4.78 is 26.9. The van der Waals surface area contributed by atoms with Gasteiger partial charge in [0, 0.05) is 25.2 Å². The Kier molecular flexibility index (Phi) is 5.89. The number of likely N-dealkylation sites (tertiary alicyclic amines) is 1. The van der Waals surface area contributed by atoms with Crippen molar-refractivity contribution in [3.8, 4) is 0 Å². The Labute approximate surface area is 123 Å². The van der Waals surface area contributed by atoms with Crippen molar-refractivity contribution in [1.82, 2.24) is 10.2 Å². The molecule has 1 aromatic rings. The maximum absolute atomic E-state index is 13.7. The maximum Gasteiger partial charge on any atom is 0.256 e. The van der Waals surface area contributed by atoms with Crippen molar-refractivity contribution in [2.24, 2.45) is 0 Å². The number of piperidine rings is 1. The van der Waals surface area contributed by atoms with E-state index in [1.165, 1.54) is 13.0 Å². The van der Waals surface area contributed by atoms with Gasteiger partial charge in [0.05, 0.1) is 5.56 Å². The van der Waals surface area contributed by atoms with Gasteiger partial charge >= 0.3 is 0 Å². The minimum atomic E-state index is -0.792. The Morgan fingerprint density at radius 1 is 1.35 bits per heavy atom. The van der Waals surface area contributed by atoms with E-state index in [9.17, 15) is 13.6 Å². The summed E-state index contributed by atoms with van der Waals surface area (Å²) >= 11 is 0. The van der Waals surface area contributed by atoms with E-state index >= 15 is 0 Å². The highest BCUT2D eigenvalue weighted by Crippen LogP contribution is 2.19. The number of rotatable bonds is 2. The van der Waals surface area contributed by atoms with Gasteiger partial charge in [0.1, 0.15) is 11.6 Å². The fraction of sp³-hybridized carbons (Fsp3) is 0.500. The van der Waals surface area contributed by atoms with E-state index in [4.69, 9.17) is 0 Å². The second-order valence-electron chi connectivity index (χ2n) is 4.96. The molecule has 112 valence electrons. The fourth-order valence-corrected chi connectivity index (χ4v) is 2.39. The van der Waals surface area contributed by atoms with Crippen LogP contribution in [0.4, 0.5) is 8.78 Å². The summed E-state index contributed by atoms with van der Waals surface area (Å²) in [5.74, 6) is -1.78. The third-order valence-corrected chi connectivity index (χ3v) is 3.60. The molecule has 1 N–H and O–H groups in total. The highest BCUT2D eigenvalue weighted by Gasteiger charge is 2.25. The molecule has 0 aromatic heterocycles. The van der Waals surface area contributed by atoms with Gasteiger partial charge in [-0.3, -0.25) is 4.79 Å². The first kappa shape index (κ1) is 16.9. The molecule has 3 nitrogen and oxygen atoms in total. The maximum atomic E-state index is 13.7. The zero-order chi connectivity index (χ0) is 14.0. The Bertz CT molecular complexity index is 496. The number of aryl methyl sites for hydroxylation is 1. The summed E-state index contributed by atoms with van der Waals surface area (Å²) in [6.07, 6.45) is 1.89. The van der Waals surface area contributed by atoms with Crippen LogP contribution in [-0.4, -0.2) is 37.0 Å². The van der Waals surface area contributed by atoms with Crippen molar-refractivity contribution in [1.29, 1.82) is 0 Å². The van der Waals surface area contributed by atoms with Gasteiger partial charge in [-0.2, -0.15) is 0 Å². The first-order valence-electron chi connectivity index (χ1n) is 6.45. The van der Waals surface area contributed by atoms with Gasteiger partial charge in [0.2, 0.25) is 0 Å². The van der Waals surface area contributed by atoms with Crippen molar-refractivity contribution in [3.63, 3.8) is 0 Å². The van der Waals surface area contributed by atoms with E-state index < -0.39 is 11.6 Å². The predicted octanol–water partition coefficient (Wildman–Crippen LogP) is 2.52. The highest BCUT2D eigenvalue weighted by molar-refractivity contribution is 5.94. The van der Waals surface area contributed by atoms with Crippen LogP contribution < -0.4 is 5.32 Å². The number of hydrogen-bond donors (Lipinski definition) is 1. The van der Waals surface area contributed by atoms with Crippen molar-refractivity contribution in [2.45, 2.75) is 25.8 Å². The summed E-state index contributed by atoms with van der Waals surface area (Å²) in [4.78, 5) is 13.9. The van der Waals surface area contributed by atoms with Gasteiger partial charge in [-0.25, -0.2) is 8.78 Å². The molecule has 2 rings (SSSR count). The standard InChI is InChI=1S/C14H18F2N2O.ClH/c1-9-6-11(13(16)7-12(9)15)14(19)18-5-3-4-10(8-18)17-2;/h6-7,10,17H,3-5,8H2,1-2H3;1H. The Hall–Kier alpha value is -1.20. The molecule has 0 bridgehead atoms. The molecule has 1 aliphatic heterocycles. The van der Waals surface area contributed by atoms with Gasteiger partial charge in [-0.15, -0.1) is 12.4 Å². The normalized spacial score (nSPS) is 18.6. The molecule has 0 saturated carbocycles. The lowest BCUT2D eigenvalue weighted by Crippen LogP contribution is -2.47. The minimum absolute atomic E-state index is 0. The average Bonchev–Trinajstić information content (AvgIpc) is 2.42. The zero-order valence-electron chi connectivity index (χ0n) is 11.6. The number of benzene rings is 1. The monoisotopic (exact) mass is 304 g/mol. The molecule has 0 spiro atoms. The first-order chi connectivity index (χ1) is 9.02. The summed E-state index contributed by atoms with van der Waals surface area (Å²) in [7, 11) is 1.85. The van der Waals surface area contributed by atoms with Crippen LogP contribution in [0.15, 0.2) is 12.1 Å². The number of likely N-dealkylation sites (N-methyl/N-ethyl adjacent to an activating group) is 1. The van der Waals surface area contributed by atoms with Crippen LogP contribution in [0.5, 0.6) is 0 Å². The molecule has 1 amide bonds. The van der Waals surface area contributed by atoms with E-state index in [-0.39, 0.29) is 35.5 Å². The van der Waals surface area contributed by atoms with Crippen LogP contribution in [0.25, 0.3) is 0 Å². The molecule has 1 aromatic carbocycles. The van der Waals surface area contributed by atoms with Crippen LogP contribution in [0.3, 0.4) is 0 Å². The van der Waals surface area contributed by atoms with Gasteiger partial charge in [-0.05, 0) is 38.4 Å². The third kappa shape index (κ3) is 3.46. The summed E-state index contributed by atoms with van der Waals surface area (Å²) in [6, 6.07) is 2.31. The molecule has 0 radical (unpaired) electrons. The second kappa shape index (κ2) is 6.99. The Morgan fingerprint density at radius 3 is 2.70 bits per heavy atom. The minimum Gasteiger partial charge on any atom is -0.337 e. The Balaban J connectivity index is 0.00000200. The second-order valence-corrected chi connectivity index (χ2v) is 4.96. The Morgan fingerprint density at radius 2 is 2.05 bits per heavy atom. The van der Waals surface area contributed by atoms with E-state index in [2.05, 4.69) is 5.32 Å². The van der Waals surface area contributed by atoms with Crippen molar-refractivity contribution in [2.75, 3.05) is 20.1 Å². The molecule has 20 heavy (non-hydrogen) atoms. The van der Waals surface area contributed by atoms with Crippen molar-refractivity contribution < 1.29 is 13.6 Å². The molecule has 1 saturated heterocycles. The number of nitrogens with zero attached hydrogens (tertiary/aromatic N) is 1. The van der Waals surface area contributed by atoms with E-state index in [0.717, 1.165) is 18.9 Å². The quantitative estimate of drug-likeness (QED) is 0.910. The smallest absolute Gasteiger partial charge is 0.256 e. The van der Waals surface area contributed by atoms with E-state index in [1.807, 2.05) is 7.05 Å². The lowest BCUT2D eigenvalue weighted by molar-refractivity contribution is 0.0693. The van der Waals surface area contributed by atoms with Gasteiger partial charge in [-0.1, -0.05) is 0 Å². The van der Waals surface area contributed by atoms with Crippen LogP contribution in [0, 0.1) is 18.6 Å². The number of carbonyl (C=O) groups excluding carboxylic acids is 1. The molecule has 6 heteroatoms. The molecular formula is C14H19ClF2N2O. The van der Waals surface area contributed by atoms with E-state index in [0.29, 0.717) is 13.1 Å². The van der Waals surface area contributed by atoms with Crippen LogP contribution >= 0.6 is 12.4 Å². The predicted molar refractivity (Wildman–Crippen MR) is 76.3 cm³/mol. The number of carbonyl (C=O) groups is 1. The van der Waals surface area contributed by atoms with Gasteiger partial charge in [0.25, 0.3) is 5.91 Å². The third-order valence-electron chi connectivity index (χ3n) is 3.60. The molecule has 0 aliphatic carbocycles. The molecule has 1 heterocycles. The summed E-state index contributed by atoms with van der Waals surface area (Å²) in [5, 5.41) is 3.13. The van der Waals surface area contributed by atoms with Crippen molar-refractivity contribution >= 4 is 18.3 Å². The summed E-state index contributed by atoms with van der Waals surface area (Å²) in [5.41, 5.74) is 0.238. The molecule has 1 atom stereocenters. The number of amides is 1. The number of nitrogens with one attached hydrogen (secondary N) is 1. The van der Waals surface area contributed by atoms with Crippen LogP contribution in [0.2, 0.25) is 0 Å².